The highest BCUT2D eigenvalue weighted by Gasteiger charge is 2.31. The van der Waals surface area contributed by atoms with Crippen LogP contribution in [0.25, 0.3) is 11.1 Å². The van der Waals surface area contributed by atoms with Crippen LogP contribution in [0.4, 0.5) is 4.79 Å². The predicted molar refractivity (Wildman–Crippen MR) is 130 cm³/mol. The minimum atomic E-state index is -1.17. The van der Waals surface area contributed by atoms with E-state index in [4.69, 9.17) is 4.74 Å². The summed E-state index contributed by atoms with van der Waals surface area (Å²) in [6, 6.07) is 17.4. The molecule has 0 spiro atoms. The smallest absolute Gasteiger partial charge is 0.407 e. The Kier molecular flexibility index (Phi) is 7.27. The third-order valence-corrected chi connectivity index (χ3v) is 6.83. The van der Waals surface area contributed by atoms with Crippen molar-refractivity contribution in [3.05, 3.63) is 82.0 Å². The Balaban J connectivity index is 1.41. The van der Waals surface area contributed by atoms with Crippen molar-refractivity contribution in [2.45, 2.75) is 37.8 Å². The summed E-state index contributed by atoms with van der Waals surface area (Å²) in [6.07, 6.45) is 0.268. The maximum Gasteiger partial charge on any atom is 0.407 e. The number of nitrogens with one attached hydrogen (secondary N) is 2. The molecule has 0 fully saturated rings. The Hall–Kier alpha value is -3.65. The molecule has 3 N–H and O–H groups in total. The zero-order valence-corrected chi connectivity index (χ0v) is 19.5. The molecule has 1 aliphatic rings. The number of ether oxygens (including phenoxy) is 1. The van der Waals surface area contributed by atoms with Crippen LogP contribution in [-0.4, -0.2) is 35.7 Å². The third kappa shape index (κ3) is 4.97. The Bertz CT molecular complexity index is 1130. The summed E-state index contributed by atoms with van der Waals surface area (Å²) in [7, 11) is 0. The molecule has 0 saturated heterocycles. The van der Waals surface area contributed by atoms with E-state index in [2.05, 4.69) is 22.8 Å². The van der Waals surface area contributed by atoms with E-state index in [-0.39, 0.29) is 12.5 Å². The lowest BCUT2D eigenvalue weighted by molar-refractivity contribution is -0.142. The van der Waals surface area contributed by atoms with Gasteiger partial charge in [-0.25, -0.2) is 9.59 Å². The minimum Gasteiger partial charge on any atom is -0.479 e. The summed E-state index contributed by atoms with van der Waals surface area (Å²) in [5.74, 6) is -1.81. The molecule has 8 heteroatoms. The van der Waals surface area contributed by atoms with E-state index < -0.39 is 30.1 Å². The maximum absolute atomic E-state index is 12.8. The molecule has 3 aromatic rings. The number of carbonyl (C=O) groups is 3. The molecular formula is C26H26N2O5S. The zero-order chi connectivity index (χ0) is 24.1. The number of rotatable bonds is 9. The van der Waals surface area contributed by atoms with Crippen molar-refractivity contribution in [1.82, 2.24) is 10.6 Å². The van der Waals surface area contributed by atoms with Gasteiger partial charge in [0.15, 0.2) is 6.04 Å². The van der Waals surface area contributed by atoms with Crippen LogP contribution in [0.2, 0.25) is 0 Å². The summed E-state index contributed by atoms with van der Waals surface area (Å²) in [4.78, 5) is 37.6. The van der Waals surface area contributed by atoms with Crippen LogP contribution in [0.15, 0.2) is 66.0 Å². The molecule has 0 aliphatic heterocycles. The first kappa shape index (κ1) is 23.5. The van der Waals surface area contributed by atoms with Crippen molar-refractivity contribution in [3.63, 3.8) is 0 Å². The van der Waals surface area contributed by atoms with Gasteiger partial charge in [-0.15, -0.1) is 11.3 Å². The fourth-order valence-electron chi connectivity index (χ4n) is 4.29. The highest BCUT2D eigenvalue weighted by atomic mass is 32.1. The average Bonchev–Trinajstić information content (AvgIpc) is 3.47. The number of carboxylic acids is 1. The highest BCUT2D eigenvalue weighted by molar-refractivity contribution is 7.10. The Labute approximate surface area is 201 Å². The van der Waals surface area contributed by atoms with E-state index in [0.717, 1.165) is 22.3 Å². The second kappa shape index (κ2) is 10.5. The van der Waals surface area contributed by atoms with Gasteiger partial charge >= 0.3 is 12.1 Å². The van der Waals surface area contributed by atoms with Gasteiger partial charge in [0.05, 0.1) is 0 Å². The molecule has 0 bridgehead atoms. The maximum atomic E-state index is 12.8. The average molecular weight is 479 g/mol. The summed E-state index contributed by atoms with van der Waals surface area (Å²) < 4.78 is 5.55. The number of carboxylic acid groups (broad SMARTS) is 1. The normalized spacial score (nSPS) is 13.9. The summed E-state index contributed by atoms with van der Waals surface area (Å²) >= 11 is 1.24. The van der Waals surface area contributed by atoms with Crippen LogP contribution < -0.4 is 10.6 Å². The van der Waals surface area contributed by atoms with Crippen LogP contribution in [0.3, 0.4) is 0 Å². The largest absolute Gasteiger partial charge is 0.479 e. The standard InChI is InChI=1S/C26H26N2O5S/c1-2-8-21(24(29)28-23(25(30)31)22-13-7-14-34-22)27-26(32)33-15-20-18-11-5-3-9-16(18)17-10-4-6-12-19(17)20/h3-7,9-14,20-21,23H,2,8,15H2,1H3,(H,27,32)(H,28,29)(H,30,31)/t21-,23?/m1/s1. The van der Waals surface area contributed by atoms with Gasteiger partial charge in [0.25, 0.3) is 0 Å². The number of aliphatic carboxylic acids is 1. The van der Waals surface area contributed by atoms with Gasteiger partial charge in [0.2, 0.25) is 5.91 Å². The molecule has 2 amide bonds. The minimum absolute atomic E-state index is 0.0909. The zero-order valence-electron chi connectivity index (χ0n) is 18.7. The lowest BCUT2D eigenvalue weighted by atomic mass is 9.98. The molecule has 176 valence electrons. The van der Waals surface area contributed by atoms with E-state index in [0.29, 0.717) is 17.7 Å². The Morgan fingerprint density at radius 1 is 0.971 bits per heavy atom. The topological polar surface area (TPSA) is 105 Å². The number of thiophene rings is 1. The van der Waals surface area contributed by atoms with E-state index >= 15 is 0 Å². The van der Waals surface area contributed by atoms with Crippen molar-refractivity contribution in [2.24, 2.45) is 0 Å². The van der Waals surface area contributed by atoms with Crippen molar-refractivity contribution >= 4 is 29.3 Å². The molecule has 0 radical (unpaired) electrons. The van der Waals surface area contributed by atoms with E-state index in [1.165, 1.54) is 11.3 Å². The van der Waals surface area contributed by atoms with E-state index in [1.807, 2.05) is 43.3 Å². The number of benzene rings is 2. The van der Waals surface area contributed by atoms with Gasteiger partial charge in [-0.05, 0) is 40.1 Å². The van der Waals surface area contributed by atoms with Crippen molar-refractivity contribution in [3.8, 4) is 11.1 Å². The SMILES string of the molecule is CCC[C@@H](NC(=O)OCC1c2ccccc2-c2ccccc21)C(=O)NC(C(=O)O)c1cccs1. The van der Waals surface area contributed by atoms with Crippen molar-refractivity contribution in [1.29, 1.82) is 0 Å². The first-order chi connectivity index (χ1) is 16.5. The van der Waals surface area contributed by atoms with Crippen LogP contribution >= 0.6 is 11.3 Å². The van der Waals surface area contributed by atoms with Crippen molar-refractivity contribution in [2.75, 3.05) is 6.61 Å². The van der Waals surface area contributed by atoms with E-state index in [1.54, 1.807) is 17.5 Å². The first-order valence-corrected chi connectivity index (χ1v) is 12.1. The molecule has 2 aromatic carbocycles. The molecular weight excluding hydrogens is 452 g/mol. The number of hydrogen-bond donors (Lipinski definition) is 3. The number of fused-ring (bicyclic) bond motifs is 3. The summed E-state index contributed by atoms with van der Waals surface area (Å²) in [5.41, 5.74) is 4.45. The van der Waals surface area contributed by atoms with Crippen LogP contribution in [-0.2, 0) is 14.3 Å². The fourth-order valence-corrected chi connectivity index (χ4v) is 5.06. The summed E-state index contributed by atoms with van der Waals surface area (Å²) in [5, 5.41) is 16.4. The second-order valence-electron chi connectivity index (χ2n) is 8.11. The van der Waals surface area contributed by atoms with Crippen LogP contribution in [0, 0.1) is 0 Å². The van der Waals surface area contributed by atoms with Crippen molar-refractivity contribution < 1.29 is 24.2 Å². The summed E-state index contributed by atoms with van der Waals surface area (Å²) in [6.45, 7) is 2.01. The molecule has 7 nitrogen and oxygen atoms in total. The number of alkyl carbamates (subject to hydrolysis) is 1. The molecule has 2 atom stereocenters. The first-order valence-electron chi connectivity index (χ1n) is 11.2. The molecule has 1 aliphatic carbocycles. The number of hydrogen-bond acceptors (Lipinski definition) is 5. The molecule has 4 rings (SSSR count). The predicted octanol–water partition coefficient (Wildman–Crippen LogP) is 4.70. The fraction of sp³-hybridized carbons (Fsp3) is 0.269. The molecule has 0 saturated carbocycles. The van der Waals surface area contributed by atoms with Gasteiger partial charge in [0, 0.05) is 10.8 Å². The Morgan fingerprint density at radius 3 is 2.18 bits per heavy atom. The van der Waals surface area contributed by atoms with Gasteiger partial charge in [-0.2, -0.15) is 0 Å². The molecule has 1 unspecified atom stereocenters. The second-order valence-corrected chi connectivity index (χ2v) is 9.09. The monoisotopic (exact) mass is 478 g/mol. The molecule has 1 aromatic heterocycles. The van der Waals surface area contributed by atoms with Crippen LogP contribution in [0.1, 0.15) is 47.7 Å². The lowest BCUT2D eigenvalue weighted by Gasteiger charge is -2.21. The van der Waals surface area contributed by atoms with Gasteiger partial charge in [-0.1, -0.05) is 67.9 Å². The number of carbonyl (C=O) groups excluding carboxylic acids is 2. The van der Waals surface area contributed by atoms with Gasteiger partial charge in [-0.3, -0.25) is 4.79 Å². The number of amides is 2. The van der Waals surface area contributed by atoms with Gasteiger partial charge < -0.3 is 20.5 Å². The third-order valence-electron chi connectivity index (χ3n) is 5.89. The molecule has 34 heavy (non-hydrogen) atoms. The lowest BCUT2D eigenvalue weighted by Crippen LogP contribution is -2.49. The highest BCUT2D eigenvalue weighted by Crippen LogP contribution is 2.44. The van der Waals surface area contributed by atoms with Crippen LogP contribution in [0.5, 0.6) is 0 Å². The van der Waals surface area contributed by atoms with Gasteiger partial charge in [0.1, 0.15) is 12.6 Å². The Morgan fingerprint density at radius 2 is 1.62 bits per heavy atom. The quantitative estimate of drug-likeness (QED) is 0.414. The molecule has 1 heterocycles. The van der Waals surface area contributed by atoms with E-state index in [9.17, 15) is 19.5 Å².